The van der Waals surface area contributed by atoms with Crippen LogP contribution < -0.4 is 5.32 Å². The molecule has 94 valence electrons. The van der Waals surface area contributed by atoms with E-state index in [1.54, 1.807) is 12.3 Å². The van der Waals surface area contributed by atoms with Crippen LogP contribution in [0.25, 0.3) is 0 Å². The van der Waals surface area contributed by atoms with E-state index in [1.807, 2.05) is 6.07 Å². The summed E-state index contributed by atoms with van der Waals surface area (Å²) in [7, 11) is 0. The second-order valence-electron chi connectivity index (χ2n) is 5.14. The molecule has 0 radical (unpaired) electrons. The lowest BCUT2D eigenvalue weighted by atomic mass is 9.79. The zero-order valence-electron chi connectivity index (χ0n) is 10.1. The average Bonchev–Trinajstić information content (AvgIpc) is 2.28. The number of pyridine rings is 1. The van der Waals surface area contributed by atoms with Gasteiger partial charge in [0.1, 0.15) is 5.82 Å². The first kappa shape index (κ1) is 12.7. The van der Waals surface area contributed by atoms with Crippen LogP contribution in [0.3, 0.4) is 0 Å². The second kappa shape index (κ2) is 5.23. The Morgan fingerprint density at radius 3 is 3.06 bits per heavy atom. The summed E-state index contributed by atoms with van der Waals surface area (Å²) >= 11 is 5.77. The van der Waals surface area contributed by atoms with Crippen LogP contribution in [0.2, 0.25) is 5.02 Å². The van der Waals surface area contributed by atoms with Crippen LogP contribution in [0, 0.1) is 5.92 Å². The molecule has 1 heterocycles. The van der Waals surface area contributed by atoms with Crippen LogP contribution in [0.15, 0.2) is 18.3 Å². The van der Waals surface area contributed by atoms with Gasteiger partial charge in [-0.1, -0.05) is 31.4 Å². The molecule has 0 spiro atoms. The van der Waals surface area contributed by atoms with E-state index in [4.69, 9.17) is 11.6 Å². The van der Waals surface area contributed by atoms with Crippen LogP contribution in [0.4, 0.5) is 5.82 Å². The summed E-state index contributed by atoms with van der Waals surface area (Å²) in [5, 5.41) is 14.2. The molecule has 2 atom stereocenters. The normalized spacial score (nSPS) is 29.0. The predicted octanol–water partition coefficient (Wildman–Crippen LogP) is 3.09. The van der Waals surface area contributed by atoms with Gasteiger partial charge >= 0.3 is 0 Å². The Balaban J connectivity index is 1.90. The lowest BCUT2D eigenvalue weighted by Gasteiger charge is -2.35. The molecule has 2 rings (SSSR count). The third kappa shape index (κ3) is 3.58. The largest absolute Gasteiger partial charge is 0.388 e. The van der Waals surface area contributed by atoms with Crippen molar-refractivity contribution in [2.24, 2.45) is 5.92 Å². The fourth-order valence-corrected chi connectivity index (χ4v) is 2.64. The number of nitrogens with one attached hydrogen (secondary N) is 1. The van der Waals surface area contributed by atoms with Crippen molar-refractivity contribution in [2.75, 3.05) is 11.9 Å². The summed E-state index contributed by atoms with van der Waals surface area (Å²) < 4.78 is 0. The van der Waals surface area contributed by atoms with Gasteiger partial charge in [0, 0.05) is 12.7 Å². The SMILES string of the molecule is CC1CCCC(O)(CNc2ccc(Cl)cn2)C1. The first-order valence-electron chi connectivity index (χ1n) is 6.15. The molecule has 2 unspecified atom stereocenters. The van der Waals surface area contributed by atoms with Gasteiger partial charge in [0.2, 0.25) is 0 Å². The van der Waals surface area contributed by atoms with E-state index < -0.39 is 5.60 Å². The van der Waals surface area contributed by atoms with Gasteiger partial charge in [-0.25, -0.2) is 4.98 Å². The molecule has 1 saturated carbocycles. The molecular formula is C13H19ClN2O. The van der Waals surface area contributed by atoms with Gasteiger partial charge in [-0.3, -0.25) is 0 Å². The summed E-state index contributed by atoms with van der Waals surface area (Å²) in [5.41, 5.74) is -0.584. The molecule has 1 aromatic heterocycles. The highest BCUT2D eigenvalue weighted by molar-refractivity contribution is 6.30. The van der Waals surface area contributed by atoms with Gasteiger partial charge in [-0.05, 0) is 30.9 Å². The Labute approximate surface area is 107 Å². The molecule has 1 aromatic rings. The number of hydrogen-bond donors (Lipinski definition) is 2. The maximum Gasteiger partial charge on any atom is 0.126 e. The fraction of sp³-hybridized carbons (Fsp3) is 0.615. The predicted molar refractivity (Wildman–Crippen MR) is 70.3 cm³/mol. The highest BCUT2D eigenvalue weighted by atomic mass is 35.5. The number of hydrogen-bond acceptors (Lipinski definition) is 3. The minimum Gasteiger partial charge on any atom is -0.388 e. The molecule has 0 aromatic carbocycles. The fourth-order valence-electron chi connectivity index (χ4n) is 2.53. The monoisotopic (exact) mass is 254 g/mol. The molecule has 1 aliphatic rings. The minimum atomic E-state index is -0.584. The Bertz CT molecular complexity index is 368. The molecule has 0 bridgehead atoms. The van der Waals surface area contributed by atoms with Crippen molar-refractivity contribution in [1.29, 1.82) is 0 Å². The van der Waals surface area contributed by atoms with Gasteiger partial charge in [0.25, 0.3) is 0 Å². The number of nitrogens with zero attached hydrogens (tertiary/aromatic N) is 1. The number of anilines is 1. The van der Waals surface area contributed by atoms with Crippen LogP contribution in [-0.4, -0.2) is 22.2 Å². The number of rotatable bonds is 3. The standard InChI is InChI=1S/C13H19ClN2O/c1-10-3-2-6-13(17,7-10)9-16-12-5-4-11(14)8-15-12/h4-5,8,10,17H,2-3,6-7,9H2,1H3,(H,15,16). The summed E-state index contributed by atoms with van der Waals surface area (Å²) in [6.07, 6.45) is 5.68. The Kier molecular flexibility index (Phi) is 3.89. The number of halogens is 1. The van der Waals surface area contributed by atoms with Gasteiger partial charge < -0.3 is 10.4 Å². The Morgan fingerprint density at radius 1 is 1.59 bits per heavy atom. The quantitative estimate of drug-likeness (QED) is 0.871. The van der Waals surface area contributed by atoms with Crippen molar-refractivity contribution >= 4 is 17.4 Å². The van der Waals surface area contributed by atoms with Gasteiger partial charge in [-0.2, -0.15) is 0 Å². The first-order chi connectivity index (χ1) is 8.07. The van der Waals surface area contributed by atoms with E-state index in [-0.39, 0.29) is 0 Å². The smallest absolute Gasteiger partial charge is 0.126 e. The van der Waals surface area contributed by atoms with Crippen molar-refractivity contribution in [3.63, 3.8) is 0 Å². The average molecular weight is 255 g/mol. The van der Waals surface area contributed by atoms with Crippen LogP contribution in [0.5, 0.6) is 0 Å². The van der Waals surface area contributed by atoms with E-state index in [9.17, 15) is 5.11 Å². The van der Waals surface area contributed by atoms with E-state index in [1.165, 1.54) is 6.42 Å². The first-order valence-corrected chi connectivity index (χ1v) is 6.53. The molecule has 1 aliphatic carbocycles. The zero-order chi connectivity index (χ0) is 12.3. The Morgan fingerprint density at radius 2 is 2.41 bits per heavy atom. The maximum absolute atomic E-state index is 10.4. The van der Waals surface area contributed by atoms with Crippen LogP contribution >= 0.6 is 11.6 Å². The molecule has 0 aliphatic heterocycles. The minimum absolute atomic E-state index is 0.561. The molecule has 1 fully saturated rings. The molecule has 0 saturated heterocycles. The lowest BCUT2D eigenvalue weighted by Crippen LogP contribution is -2.41. The molecule has 3 nitrogen and oxygen atoms in total. The van der Waals surface area contributed by atoms with Crippen molar-refractivity contribution in [3.8, 4) is 0 Å². The highest BCUT2D eigenvalue weighted by Gasteiger charge is 2.32. The summed E-state index contributed by atoms with van der Waals surface area (Å²) in [5.74, 6) is 1.37. The Hall–Kier alpha value is -0.800. The van der Waals surface area contributed by atoms with Crippen LogP contribution in [0.1, 0.15) is 32.6 Å². The second-order valence-corrected chi connectivity index (χ2v) is 5.58. The summed E-state index contributed by atoms with van der Waals surface area (Å²) in [6.45, 7) is 2.76. The van der Waals surface area contributed by atoms with Crippen molar-refractivity contribution in [1.82, 2.24) is 4.98 Å². The summed E-state index contributed by atoms with van der Waals surface area (Å²) in [4.78, 5) is 4.16. The summed E-state index contributed by atoms with van der Waals surface area (Å²) in [6, 6.07) is 3.63. The number of aliphatic hydroxyl groups is 1. The molecule has 17 heavy (non-hydrogen) atoms. The van der Waals surface area contributed by atoms with Crippen molar-refractivity contribution < 1.29 is 5.11 Å². The van der Waals surface area contributed by atoms with Gasteiger partial charge in [0.05, 0.1) is 10.6 Å². The van der Waals surface area contributed by atoms with Crippen molar-refractivity contribution in [2.45, 2.75) is 38.2 Å². The lowest BCUT2D eigenvalue weighted by molar-refractivity contribution is -0.000825. The van der Waals surface area contributed by atoms with E-state index in [0.29, 0.717) is 17.5 Å². The van der Waals surface area contributed by atoms with E-state index >= 15 is 0 Å². The molecule has 4 heteroatoms. The highest BCUT2D eigenvalue weighted by Crippen LogP contribution is 2.32. The maximum atomic E-state index is 10.4. The zero-order valence-corrected chi connectivity index (χ0v) is 10.9. The van der Waals surface area contributed by atoms with E-state index in [2.05, 4.69) is 17.2 Å². The molecule has 2 N–H and O–H groups in total. The number of aromatic nitrogens is 1. The van der Waals surface area contributed by atoms with Gasteiger partial charge in [-0.15, -0.1) is 0 Å². The van der Waals surface area contributed by atoms with Gasteiger partial charge in [0.15, 0.2) is 0 Å². The van der Waals surface area contributed by atoms with E-state index in [0.717, 1.165) is 25.1 Å². The molecule has 0 amide bonds. The van der Waals surface area contributed by atoms with Crippen molar-refractivity contribution in [3.05, 3.63) is 23.4 Å². The third-order valence-corrected chi connectivity index (χ3v) is 3.62. The molecular weight excluding hydrogens is 236 g/mol. The van der Waals surface area contributed by atoms with Crippen LogP contribution in [-0.2, 0) is 0 Å². The topological polar surface area (TPSA) is 45.1 Å². The third-order valence-electron chi connectivity index (χ3n) is 3.39.